The first-order valence-electron chi connectivity index (χ1n) is 10.3. The summed E-state index contributed by atoms with van der Waals surface area (Å²) in [4.78, 5) is 14.1. The largest absolute Gasteiger partial charge is 0.443 e. The molecule has 7 heteroatoms. The lowest BCUT2D eigenvalue weighted by molar-refractivity contribution is -0.175. The summed E-state index contributed by atoms with van der Waals surface area (Å²) in [6, 6.07) is 0. The molecule has 1 amide bonds. The van der Waals surface area contributed by atoms with Crippen molar-refractivity contribution in [1.29, 1.82) is 0 Å². The maximum atomic E-state index is 12.5. The third-order valence-corrected chi connectivity index (χ3v) is 6.89. The molecule has 6 atom stereocenters. The minimum atomic E-state index is -0.782. The summed E-state index contributed by atoms with van der Waals surface area (Å²) in [5, 5.41) is 11.2. The van der Waals surface area contributed by atoms with Gasteiger partial charge in [-0.25, -0.2) is 4.79 Å². The van der Waals surface area contributed by atoms with Crippen LogP contribution in [0.25, 0.3) is 0 Å². The van der Waals surface area contributed by atoms with Crippen LogP contribution in [-0.2, 0) is 18.9 Å². The fraction of sp³-hybridized carbons (Fsp3) is 0.857. The predicted octanol–water partition coefficient (Wildman–Crippen LogP) is 2.51. The maximum Gasteiger partial charge on any atom is 0.410 e. The maximum absolute atomic E-state index is 12.5. The van der Waals surface area contributed by atoms with Gasteiger partial charge in [0.1, 0.15) is 17.8 Å². The highest BCUT2D eigenvalue weighted by atomic mass is 16.6. The Morgan fingerprint density at radius 1 is 1.29 bits per heavy atom. The van der Waals surface area contributed by atoms with E-state index in [1.54, 1.807) is 12.0 Å². The minimum absolute atomic E-state index is 0.0898. The second kappa shape index (κ2) is 8.30. The highest BCUT2D eigenvalue weighted by Crippen LogP contribution is 2.58. The average molecular weight is 398 g/mol. The number of aliphatic hydroxyl groups is 1. The zero-order valence-electron chi connectivity index (χ0n) is 17.8. The van der Waals surface area contributed by atoms with Crippen molar-refractivity contribution in [3.8, 4) is 0 Å². The molecule has 1 aliphatic carbocycles. The SMILES string of the molecule is COC1C(OC(=O)N2CCOCC2)CCC(C)(C2(C)OC2CC=C(C)C)C1O. The number of morpholine rings is 1. The van der Waals surface area contributed by atoms with Crippen molar-refractivity contribution in [2.75, 3.05) is 33.4 Å². The highest BCUT2D eigenvalue weighted by molar-refractivity contribution is 5.68. The van der Waals surface area contributed by atoms with E-state index in [2.05, 4.69) is 33.8 Å². The lowest BCUT2D eigenvalue weighted by atomic mass is 9.62. The smallest absolute Gasteiger partial charge is 0.410 e. The molecule has 0 aromatic rings. The highest BCUT2D eigenvalue weighted by Gasteiger charge is 2.68. The summed E-state index contributed by atoms with van der Waals surface area (Å²) in [5.74, 6) is 0. The molecule has 1 N–H and O–H groups in total. The number of hydrogen-bond acceptors (Lipinski definition) is 6. The molecular formula is C21H35NO6. The molecule has 1 saturated carbocycles. The number of aliphatic hydroxyl groups excluding tert-OH is 1. The van der Waals surface area contributed by atoms with Crippen molar-refractivity contribution in [3.05, 3.63) is 11.6 Å². The molecule has 3 fully saturated rings. The Morgan fingerprint density at radius 3 is 2.57 bits per heavy atom. The van der Waals surface area contributed by atoms with Gasteiger partial charge < -0.3 is 29.0 Å². The molecule has 2 aliphatic heterocycles. The molecule has 0 spiro atoms. The summed E-state index contributed by atoms with van der Waals surface area (Å²) in [5.41, 5.74) is 0.390. The van der Waals surface area contributed by atoms with E-state index in [0.29, 0.717) is 39.1 Å². The van der Waals surface area contributed by atoms with E-state index in [1.807, 2.05) is 0 Å². The van der Waals surface area contributed by atoms with Crippen LogP contribution >= 0.6 is 0 Å². The lowest BCUT2D eigenvalue weighted by Gasteiger charge is -2.48. The van der Waals surface area contributed by atoms with Crippen LogP contribution in [0.1, 0.15) is 47.0 Å². The number of nitrogens with zero attached hydrogens (tertiary/aromatic N) is 1. The summed E-state index contributed by atoms with van der Waals surface area (Å²) >= 11 is 0. The van der Waals surface area contributed by atoms with Gasteiger partial charge in [-0.2, -0.15) is 0 Å². The van der Waals surface area contributed by atoms with Crippen LogP contribution in [0.4, 0.5) is 4.79 Å². The molecule has 7 nitrogen and oxygen atoms in total. The van der Waals surface area contributed by atoms with Gasteiger partial charge in [0.2, 0.25) is 0 Å². The standard InChI is InChI=1S/C21H35NO6/c1-14(2)6-7-16-21(4,28-16)20(3)9-8-15(17(25-5)18(20)23)27-19(24)22-10-12-26-13-11-22/h6,15-18,23H,7-13H2,1-5H3. The Bertz CT molecular complexity index is 600. The molecule has 2 heterocycles. The third-order valence-electron chi connectivity index (χ3n) is 6.89. The van der Waals surface area contributed by atoms with Gasteiger partial charge in [-0.15, -0.1) is 0 Å². The van der Waals surface area contributed by atoms with Crippen molar-refractivity contribution in [1.82, 2.24) is 4.90 Å². The molecule has 0 radical (unpaired) electrons. The third kappa shape index (κ3) is 3.95. The number of epoxide rings is 1. The van der Waals surface area contributed by atoms with Gasteiger partial charge in [-0.05, 0) is 40.0 Å². The monoisotopic (exact) mass is 397 g/mol. The van der Waals surface area contributed by atoms with E-state index in [1.165, 1.54) is 5.57 Å². The topological polar surface area (TPSA) is 80.8 Å². The molecular weight excluding hydrogens is 362 g/mol. The van der Waals surface area contributed by atoms with Gasteiger partial charge in [-0.3, -0.25) is 0 Å². The molecule has 0 aromatic carbocycles. The predicted molar refractivity (Wildman–Crippen MR) is 104 cm³/mol. The van der Waals surface area contributed by atoms with Gasteiger partial charge in [0, 0.05) is 25.6 Å². The van der Waals surface area contributed by atoms with Gasteiger partial charge in [0.25, 0.3) is 0 Å². The number of ether oxygens (including phenoxy) is 4. The Hall–Kier alpha value is -1.15. The Morgan fingerprint density at radius 2 is 1.96 bits per heavy atom. The molecule has 160 valence electrons. The van der Waals surface area contributed by atoms with Crippen LogP contribution in [0.15, 0.2) is 11.6 Å². The van der Waals surface area contributed by atoms with Crippen LogP contribution in [-0.4, -0.2) is 79.5 Å². The zero-order valence-corrected chi connectivity index (χ0v) is 17.8. The van der Waals surface area contributed by atoms with Gasteiger partial charge in [0.15, 0.2) is 0 Å². The summed E-state index contributed by atoms with van der Waals surface area (Å²) in [7, 11) is 1.56. The van der Waals surface area contributed by atoms with E-state index < -0.39 is 29.3 Å². The molecule has 6 unspecified atom stereocenters. The summed E-state index contributed by atoms with van der Waals surface area (Å²) in [6.45, 7) is 10.4. The molecule has 0 aromatic heterocycles. The average Bonchev–Trinajstić information content (AvgIpc) is 3.36. The van der Waals surface area contributed by atoms with Gasteiger partial charge in [-0.1, -0.05) is 18.6 Å². The summed E-state index contributed by atoms with van der Waals surface area (Å²) < 4.78 is 22.7. The Kier molecular flexibility index (Phi) is 6.39. The van der Waals surface area contributed by atoms with Crippen molar-refractivity contribution in [2.24, 2.45) is 5.41 Å². The van der Waals surface area contributed by atoms with Crippen LogP contribution in [0.3, 0.4) is 0 Å². The van der Waals surface area contributed by atoms with Gasteiger partial charge in [0.05, 0.1) is 25.4 Å². The molecule has 3 rings (SSSR count). The van der Waals surface area contributed by atoms with Crippen LogP contribution in [0, 0.1) is 5.41 Å². The Balaban J connectivity index is 1.66. The fourth-order valence-corrected chi connectivity index (χ4v) is 4.60. The van der Waals surface area contributed by atoms with Crippen LogP contribution in [0.2, 0.25) is 0 Å². The molecule has 3 aliphatic rings. The minimum Gasteiger partial charge on any atom is -0.443 e. The number of amides is 1. The first-order chi connectivity index (χ1) is 13.2. The number of carbonyl (C=O) groups is 1. The number of methoxy groups -OCH3 is 1. The van der Waals surface area contributed by atoms with E-state index in [4.69, 9.17) is 18.9 Å². The van der Waals surface area contributed by atoms with Crippen LogP contribution in [0.5, 0.6) is 0 Å². The first-order valence-corrected chi connectivity index (χ1v) is 10.3. The second-order valence-electron chi connectivity index (χ2n) is 8.85. The number of rotatable bonds is 5. The van der Waals surface area contributed by atoms with Gasteiger partial charge >= 0.3 is 6.09 Å². The quantitative estimate of drug-likeness (QED) is 0.567. The summed E-state index contributed by atoms with van der Waals surface area (Å²) in [6.07, 6.45) is 2.26. The van der Waals surface area contributed by atoms with E-state index in [0.717, 1.165) is 6.42 Å². The number of hydrogen-bond donors (Lipinski definition) is 1. The molecule has 0 bridgehead atoms. The number of carbonyl (C=O) groups excluding carboxylic acids is 1. The van der Waals surface area contributed by atoms with Crippen molar-refractivity contribution in [2.45, 2.75) is 77.0 Å². The normalized spacial score (nSPS) is 40.7. The second-order valence-corrected chi connectivity index (χ2v) is 8.85. The van der Waals surface area contributed by atoms with Crippen molar-refractivity contribution in [3.63, 3.8) is 0 Å². The first kappa shape index (κ1) is 21.6. The molecule has 28 heavy (non-hydrogen) atoms. The van der Waals surface area contributed by atoms with Crippen molar-refractivity contribution >= 4 is 6.09 Å². The molecule has 2 saturated heterocycles. The van der Waals surface area contributed by atoms with Crippen molar-refractivity contribution < 1.29 is 28.8 Å². The zero-order chi connectivity index (χ0) is 20.5. The van der Waals surface area contributed by atoms with E-state index >= 15 is 0 Å². The van der Waals surface area contributed by atoms with Crippen LogP contribution < -0.4 is 0 Å². The Labute approximate surface area is 168 Å². The van der Waals surface area contributed by atoms with E-state index in [9.17, 15) is 9.90 Å². The fourth-order valence-electron chi connectivity index (χ4n) is 4.60. The number of allylic oxidation sites excluding steroid dienone is 1. The van der Waals surface area contributed by atoms with E-state index in [-0.39, 0.29) is 12.2 Å². The lowest BCUT2D eigenvalue weighted by Crippen LogP contribution is -2.59.